The maximum atomic E-state index is 13.2. The molecule has 8 heteroatoms. The van der Waals surface area contributed by atoms with Crippen LogP contribution in [0.5, 0.6) is 5.75 Å². The molecular weight excluding hydrogens is 370 g/mol. The highest BCUT2D eigenvalue weighted by molar-refractivity contribution is 6.10. The highest BCUT2D eigenvalue weighted by Gasteiger charge is 2.55. The van der Waals surface area contributed by atoms with Crippen LogP contribution in [0.25, 0.3) is 0 Å². The van der Waals surface area contributed by atoms with Crippen LogP contribution in [0.15, 0.2) is 53.3 Å². The van der Waals surface area contributed by atoms with Gasteiger partial charge in [-0.05, 0) is 45.0 Å². The minimum atomic E-state index is -0.574. The summed E-state index contributed by atoms with van der Waals surface area (Å²) in [4.78, 5) is 37.3. The number of fused-ring (bicyclic) bond motifs is 3. The second-order valence-corrected chi connectivity index (χ2v) is 7.22. The quantitative estimate of drug-likeness (QED) is 0.717. The average molecular weight is 395 g/mol. The first-order chi connectivity index (χ1) is 13.9. The van der Waals surface area contributed by atoms with Gasteiger partial charge in [-0.2, -0.15) is 0 Å². The van der Waals surface area contributed by atoms with Crippen LogP contribution in [0.2, 0.25) is 0 Å². The minimum Gasteiger partial charge on any atom is -0.494 e. The second-order valence-electron chi connectivity index (χ2n) is 7.22. The van der Waals surface area contributed by atoms with Crippen molar-refractivity contribution in [1.82, 2.24) is 14.7 Å². The number of carbonyl (C=O) groups is 2. The van der Waals surface area contributed by atoms with Gasteiger partial charge in [0, 0.05) is 30.7 Å². The molecule has 3 aliphatic heterocycles. The number of urea groups is 1. The fourth-order valence-electron chi connectivity index (χ4n) is 4.08. The lowest BCUT2D eigenvalue weighted by Crippen LogP contribution is -2.64. The van der Waals surface area contributed by atoms with Gasteiger partial charge >= 0.3 is 6.03 Å². The number of anilines is 1. The van der Waals surface area contributed by atoms with Crippen LogP contribution in [0.4, 0.5) is 10.5 Å². The van der Waals surface area contributed by atoms with Crippen LogP contribution < -0.4 is 9.64 Å². The number of imide groups is 1. The largest absolute Gasteiger partial charge is 0.494 e. The highest BCUT2D eigenvalue weighted by Crippen LogP contribution is 2.40. The van der Waals surface area contributed by atoms with Crippen LogP contribution in [0.1, 0.15) is 20.8 Å². The van der Waals surface area contributed by atoms with Crippen molar-refractivity contribution in [2.45, 2.75) is 33.0 Å². The first-order valence-electron chi connectivity index (χ1n) is 9.67. The van der Waals surface area contributed by atoms with Crippen LogP contribution in [-0.4, -0.2) is 65.0 Å². The smallest absolute Gasteiger partial charge is 0.328 e. The zero-order chi connectivity index (χ0) is 20.9. The van der Waals surface area contributed by atoms with Crippen molar-refractivity contribution in [3.05, 3.63) is 48.3 Å². The number of allylic oxidation sites excluding steroid dienone is 2. The molecule has 3 amide bonds. The van der Waals surface area contributed by atoms with E-state index >= 15 is 0 Å². The molecule has 152 valence electrons. The summed E-state index contributed by atoms with van der Waals surface area (Å²) < 4.78 is 5.54. The highest BCUT2D eigenvalue weighted by atomic mass is 16.5. The van der Waals surface area contributed by atoms with Gasteiger partial charge < -0.3 is 9.64 Å². The number of amides is 3. The Morgan fingerprint density at radius 1 is 1.17 bits per heavy atom. The Hall–Kier alpha value is -3.29. The van der Waals surface area contributed by atoms with Crippen LogP contribution >= 0.6 is 0 Å². The Morgan fingerprint density at radius 2 is 1.86 bits per heavy atom. The predicted molar refractivity (Wildman–Crippen MR) is 110 cm³/mol. The molecule has 1 saturated heterocycles. The normalized spacial score (nSPS) is 23.5. The van der Waals surface area contributed by atoms with Crippen molar-refractivity contribution in [3.8, 4) is 5.75 Å². The molecule has 0 N–H and O–H groups in total. The maximum absolute atomic E-state index is 13.2. The summed E-state index contributed by atoms with van der Waals surface area (Å²) in [5.74, 6) is 1.21. The van der Waals surface area contributed by atoms with E-state index < -0.39 is 12.2 Å². The van der Waals surface area contributed by atoms with Crippen LogP contribution in [0, 0.1) is 0 Å². The lowest BCUT2D eigenvalue weighted by Gasteiger charge is -2.40. The van der Waals surface area contributed by atoms with Gasteiger partial charge in [0.25, 0.3) is 5.91 Å². The Bertz CT molecular complexity index is 936. The van der Waals surface area contributed by atoms with E-state index in [-0.39, 0.29) is 18.5 Å². The molecule has 0 radical (unpaired) electrons. The molecule has 0 aliphatic carbocycles. The molecule has 4 rings (SSSR count). The van der Waals surface area contributed by atoms with E-state index in [9.17, 15) is 9.59 Å². The average Bonchev–Trinajstić information content (AvgIpc) is 3.21. The third-order valence-electron chi connectivity index (χ3n) is 5.61. The second kappa shape index (κ2) is 6.95. The number of rotatable bonds is 5. The zero-order valence-electron chi connectivity index (χ0n) is 17.1. The molecule has 2 atom stereocenters. The van der Waals surface area contributed by atoms with Crippen molar-refractivity contribution in [2.24, 2.45) is 4.99 Å². The predicted octanol–water partition coefficient (Wildman–Crippen LogP) is 2.60. The number of carbonyl (C=O) groups excluding carboxylic acids is 2. The van der Waals surface area contributed by atoms with E-state index in [0.29, 0.717) is 12.6 Å². The van der Waals surface area contributed by atoms with Gasteiger partial charge in [-0.1, -0.05) is 6.08 Å². The van der Waals surface area contributed by atoms with Crippen molar-refractivity contribution in [2.75, 3.05) is 25.1 Å². The molecule has 2 unspecified atom stereocenters. The molecule has 3 aliphatic rings. The number of hydrogen-bond acceptors (Lipinski definition) is 6. The van der Waals surface area contributed by atoms with Gasteiger partial charge in [-0.15, -0.1) is 6.58 Å². The molecule has 3 heterocycles. The number of hydrogen-bond donors (Lipinski definition) is 0. The van der Waals surface area contributed by atoms with Crippen molar-refractivity contribution >= 4 is 23.6 Å². The minimum absolute atomic E-state index is 0.179. The first-order valence-corrected chi connectivity index (χ1v) is 9.67. The van der Waals surface area contributed by atoms with Gasteiger partial charge in [0.05, 0.1) is 6.61 Å². The topological polar surface area (TPSA) is 68.7 Å². The maximum Gasteiger partial charge on any atom is 0.328 e. The van der Waals surface area contributed by atoms with E-state index in [1.165, 1.54) is 9.80 Å². The molecule has 0 saturated carbocycles. The Balaban J connectivity index is 1.72. The third kappa shape index (κ3) is 2.70. The molecule has 0 aromatic heterocycles. The van der Waals surface area contributed by atoms with E-state index in [2.05, 4.69) is 6.58 Å². The summed E-state index contributed by atoms with van der Waals surface area (Å²) in [6.45, 7) is 10.4. The number of likely N-dealkylation sites (N-methyl/N-ethyl adjacent to an activating group) is 1. The van der Waals surface area contributed by atoms with E-state index in [1.807, 2.05) is 54.8 Å². The Kier molecular flexibility index (Phi) is 4.56. The van der Waals surface area contributed by atoms with Gasteiger partial charge in [0.2, 0.25) is 5.96 Å². The molecule has 1 aromatic rings. The summed E-state index contributed by atoms with van der Waals surface area (Å²) in [5, 5.41) is 0. The van der Waals surface area contributed by atoms with Crippen molar-refractivity contribution in [3.63, 3.8) is 0 Å². The monoisotopic (exact) mass is 395 g/mol. The van der Waals surface area contributed by atoms with E-state index in [0.717, 1.165) is 22.8 Å². The van der Waals surface area contributed by atoms with Gasteiger partial charge in [0.1, 0.15) is 5.75 Å². The number of aliphatic imine (C=N–C) groups is 1. The fourth-order valence-corrected chi connectivity index (χ4v) is 4.08. The van der Waals surface area contributed by atoms with Crippen molar-refractivity contribution in [1.29, 1.82) is 0 Å². The van der Waals surface area contributed by atoms with Crippen molar-refractivity contribution < 1.29 is 14.3 Å². The molecule has 29 heavy (non-hydrogen) atoms. The number of benzene rings is 1. The van der Waals surface area contributed by atoms with Crippen LogP contribution in [-0.2, 0) is 4.79 Å². The van der Waals surface area contributed by atoms with E-state index in [1.54, 1.807) is 13.1 Å². The van der Waals surface area contributed by atoms with Gasteiger partial charge in [-0.3, -0.25) is 19.5 Å². The summed E-state index contributed by atoms with van der Waals surface area (Å²) >= 11 is 0. The standard InChI is InChI=1S/C21H25N5O3/c1-6-12-24-19(27)17-18(23(5)21(24)28)22-20-25(13(3)14(4)26(17)20)15-8-10-16(11-9-15)29-7-2/h6,8-11,17-18H,1,7,12H2,2-5H3. The number of guanidine groups is 1. The molecule has 8 nitrogen and oxygen atoms in total. The molecule has 0 spiro atoms. The fraction of sp³-hybridized carbons (Fsp3) is 0.381. The lowest BCUT2D eigenvalue weighted by atomic mass is 10.1. The summed E-state index contributed by atoms with van der Waals surface area (Å²) in [5.41, 5.74) is 2.86. The number of ether oxygens (including phenoxy) is 1. The Labute approximate surface area is 170 Å². The number of nitrogens with zero attached hydrogens (tertiary/aromatic N) is 5. The molecule has 1 fully saturated rings. The first kappa shape index (κ1) is 19.0. The Morgan fingerprint density at radius 3 is 2.48 bits per heavy atom. The van der Waals surface area contributed by atoms with Gasteiger partial charge in [0.15, 0.2) is 12.2 Å². The molecule has 0 bridgehead atoms. The zero-order valence-corrected chi connectivity index (χ0v) is 17.1. The summed E-state index contributed by atoms with van der Waals surface area (Å²) in [7, 11) is 1.68. The third-order valence-corrected chi connectivity index (χ3v) is 5.61. The molecular formula is C21H25N5O3. The summed E-state index contributed by atoms with van der Waals surface area (Å²) in [6, 6.07) is 6.84. The SMILES string of the molecule is C=CCN1C(=O)C2C(N=C3N(c4ccc(OCC)cc4)C(C)=C(C)N32)N(C)C1=O. The summed E-state index contributed by atoms with van der Waals surface area (Å²) in [6.07, 6.45) is 1.00. The van der Waals surface area contributed by atoms with Crippen LogP contribution in [0.3, 0.4) is 0 Å². The van der Waals surface area contributed by atoms with Gasteiger partial charge in [-0.25, -0.2) is 9.79 Å². The lowest BCUT2D eigenvalue weighted by molar-refractivity contribution is -0.136. The van der Waals surface area contributed by atoms with E-state index in [4.69, 9.17) is 9.73 Å². The molecule has 1 aromatic carbocycles.